The standard InChI is InChI=1S/C21H32N4O/c1-3-5-11-19-15-9-14-18(10-4-2)25(19)21(26)20-16-24(23-22-20)17-12-7-6-8-13-17/h4,9,15-19H,2-3,5-8,10-14H2,1H3/t18-,19-/m1/s1. The Hall–Kier alpha value is -1.91. The van der Waals surface area contributed by atoms with Gasteiger partial charge in [0.2, 0.25) is 0 Å². The molecule has 1 aromatic heterocycles. The van der Waals surface area contributed by atoms with E-state index in [4.69, 9.17) is 0 Å². The number of carbonyl (C=O) groups is 1. The molecule has 142 valence electrons. The molecular weight excluding hydrogens is 324 g/mol. The van der Waals surface area contributed by atoms with E-state index in [9.17, 15) is 4.79 Å². The van der Waals surface area contributed by atoms with Crippen LogP contribution < -0.4 is 0 Å². The average Bonchev–Trinajstić information content (AvgIpc) is 3.17. The largest absolute Gasteiger partial charge is 0.327 e. The average molecular weight is 357 g/mol. The Labute approximate surface area is 157 Å². The smallest absolute Gasteiger partial charge is 0.276 e. The minimum atomic E-state index is 0.0179. The number of unbranched alkanes of at least 4 members (excludes halogenated alkanes) is 1. The molecule has 3 rings (SSSR count). The summed E-state index contributed by atoms with van der Waals surface area (Å²) in [5.41, 5.74) is 0.487. The molecule has 0 bridgehead atoms. The molecule has 1 amide bonds. The lowest BCUT2D eigenvalue weighted by Crippen LogP contribution is -2.48. The molecule has 1 aliphatic carbocycles. The van der Waals surface area contributed by atoms with Crippen molar-refractivity contribution in [3.8, 4) is 0 Å². The number of hydrogen-bond donors (Lipinski definition) is 0. The first-order valence-corrected chi connectivity index (χ1v) is 10.3. The highest BCUT2D eigenvalue weighted by molar-refractivity contribution is 5.92. The number of carbonyl (C=O) groups excluding carboxylic acids is 1. The Morgan fingerprint density at radius 2 is 2.15 bits per heavy atom. The summed E-state index contributed by atoms with van der Waals surface area (Å²) in [6.45, 7) is 6.07. The van der Waals surface area contributed by atoms with Crippen LogP contribution in [0, 0.1) is 0 Å². The number of aromatic nitrogens is 3. The Morgan fingerprint density at radius 1 is 1.35 bits per heavy atom. The summed E-state index contributed by atoms with van der Waals surface area (Å²) in [7, 11) is 0. The molecule has 1 aliphatic heterocycles. The van der Waals surface area contributed by atoms with Crippen molar-refractivity contribution in [3.63, 3.8) is 0 Å². The number of amides is 1. The Kier molecular flexibility index (Phi) is 6.64. The van der Waals surface area contributed by atoms with Crippen molar-refractivity contribution < 1.29 is 4.79 Å². The molecule has 0 radical (unpaired) electrons. The van der Waals surface area contributed by atoms with Crippen molar-refractivity contribution in [3.05, 3.63) is 36.7 Å². The molecule has 0 aromatic carbocycles. The quantitative estimate of drug-likeness (QED) is 0.666. The van der Waals surface area contributed by atoms with E-state index in [1.807, 2.05) is 21.9 Å². The van der Waals surface area contributed by atoms with Crippen LogP contribution in [0.3, 0.4) is 0 Å². The van der Waals surface area contributed by atoms with Gasteiger partial charge in [0.15, 0.2) is 5.69 Å². The first-order chi connectivity index (χ1) is 12.7. The topological polar surface area (TPSA) is 51.0 Å². The van der Waals surface area contributed by atoms with Crippen molar-refractivity contribution >= 4 is 5.91 Å². The second-order valence-corrected chi connectivity index (χ2v) is 7.64. The highest BCUT2D eigenvalue weighted by atomic mass is 16.2. The van der Waals surface area contributed by atoms with Crippen LogP contribution in [0.4, 0.5) is 0 Å². The van der Waals surface area contributed by atoms with E-state index in [-0.39, 0.29) is 18.0 Å². The van der Waals surface area contributed by atoms with Crippen molar-refractivity contribution in [1.82, 2.24) is 19.9 Å². The molecule has 0 unspecified atom stereocenters. The van der Waals surface area contributed by atoms with Gasteiger partial charge in [0.25, 0.3) is 5.91 Å². The van der Waals surface area contributed by atoms with Crippen molar-refractivity contribution in [2.75, 3.05) is 0 Å². The van der Waals surface area contributed by atoms with Gasteiger partial charge in [-0.2, -0.15) is 0 Å². The summed E-state index contributed by atoms with van der Waals surface area (Å²) in [6, 6.07) is 0.728. The molecule has 0 spiro atoms. The van der Waals surface area contributed by atoms with Gasteiger partial charge < -0.3 is 4.90 Å². The van der Waals surface area contributed by atoms with Gasteiger partial charge in [-0.25, -0.2) is 4.68 Å². The molecule has 5 nitrogen and oxygen atoms in total. The predicted molar refractivity (Wildman–Crippen MR) is 104 cm³/mol. The molecule has 26 heavy (non-hydrogen) atoms. The van der Waals surface area contributed by atoms with Gasteiger partial charge in [-0.15, -0.1) is 11.7 Å². The maximum atomic E-state index is 13.3. The molecular formula is C21H32N4O. The van der Waals surface area contributed by atoms with E-state index in [1.165, 1.54) is 19.3 Å². The van der Waals surface area contributed by atoms with Crippen LogP contribution in [0.25, 0.3) is 0 Å². The number of hydrogen-bond acceptors (Lipinski definition) is 3. The lowest BCUT2D eigenvalue weighted by Gasteiger charge is -2.38. The van der Waals surface area contributed by atoms with Gasteiger partial charge in [-0.1, -0.05) is 62.5 Å². The van der Waals surface area contributed by atoms with E-state index in [0.717, 1.165) is 44.9 Å². The second kappa shape index (κ2) is 9.15. The summed E-state index contributed by atoms with van der Waals surface area (Å²) in [5.74, 6) is 0.0179. The van der Waals surface area contributed by atoms with E-state index in [1.54, 1.807) is 0 Å². The molecule has 1 fully saturated rings. The van der Waals surface area contributed by atoms with Crippen LogP contribution in [-0.4, -0.2) is 37.9 Å². The summed E-state index contributed by atoms with van der Waals surface area (Å²) in [5, 5.41) is 8.54. The monoisotopic (exact) mass is 356 g/mol. The van der Waals surface area contributed by atoms with E-state index in [0.29, 0.717) is 11.7 Å². The third-order valence-corrected chi connectivity index (χ3v) is 5.72. The fourth-order valence-electron chi connectivity index (χ4n) is 4.27. The van der Waals surface area contributed by atoms with E-state index < -0.39 is 0 Å². The molecule has 1 saturated carbocycles. The maximum absolute atomic E-state index is 13.3. The normalized spacial score (nSPS) is 24.0. The summed E-state index contributed by atoms with van der Waals surface area (Å²) in [6.07, 6.45) is 19.2. The molecule has 2 aliphatic rings. The van der Waals surface area contributed by atoms with Crippen molar-refractivity contribution in [2.45, 2.75) is 89.3 Å². The van der Waals surface area contributed by atoms with Crippen molar-refractivity contribution in [1.29, 1.82) is 0 Å². The van der Waals surface area contributed by atoms with E-state index in [2.05, 4.69) is 36.0 Å². The third-order valence-electron chi connectivity index (χ3n) is 5.72. The van der Waals surface area contributed by atoms with Crippen LogP contribution >= 0.6 is 0 Å². The zero-order valence-corrected chi connectivity index (χ0v) is 16.0. The van der Waals surface area contributed by atoms with Gasteiger partial charge in [-0.05, 0) is 32.1 Å². The van der Waals surface area contributed by atoms with Gasteiger partial charge >= 0.3 is 0 Å². The first-order valence-electron chi connectivity index (χ1n) is 10.3. The first kappa shape index (κ1) is 18.9. The SMILES string of the molecule is C=CC[C@@H]1CC=C[C@@H](CCCC)N1C(=O)c1cn(C2CCCCC2)nn1. The molecule has 2 atom stereocenters. The summed E-state index contributed by atoms with van der Waals surface area (Å²) >= 11 is 0. The van der Waals surface area contributed by atoms with Gasteiger partial charge in [0.05, 0.1) is 18.3 Å². The van der Waals surface area contributed by atoms with Crippen LogP contribution in [0.5, 0.6) is 0 Å². The minimum Gasteiger partial charge on any atom is -0.327 e. The molecule has 0 saturated heterocycles. The molecule has 0 N–H and O–H groups in total. The van der Waals surface area contributed by atoms with Crippen molar-refractivity contribution in [2.24, 2.45) is 0 Å². The van der Waals surface area contributed by atoms with E-state index >= 15 is 0 Å². The van der Waals surface area contributed by atoms with Gasteiger partial charge in [0, 0.05) is 6.04 Å². The zero-order valence-electron chi connectivity index (χ0n) is 16.0. The third kappa shape index (κ3) is 4.25. The van der Waals surface area contributed by atoms with Crippen LogP contribution in [0.2, 0.25) is 0 Å². The van der Waals surface area contributed by atoms with Gasteiger partial charge in [-0.3, -0.25) is 4.79 Å². The maximum Gasteiger partial charge on any atom is 0.276 e. The molecule has 5 heteroatoms. The van der Waals surface area contributed by atoms with Crippen LogP contribution in [0.1, 0.15) is 87.7 Å². The Morgan fingerprint density at radius 3 is 2.88 bits per heavy atom. The second-order valence-electron chi connectivity index (χ2n) is 7.64. The Bertz CT molecular complexity index is 630. The molecule has 1 aromatic rings. The van der Waals surface area contributed by atoms with Crippen LogP contribution in [0.15, 0.2) is 31.0 Å². The highest BCUT2D eigenvalue weighted by Gasteiger charge is 2.33. The summed E-state index contributed by atoms with van der Waals surface area (Å²) in [4.78, 5) is 15.3. The number of nitrogens with zero attached hydrogens (tertiary/aromatic N) is 4. The fraction of sp³-hybridized carbons (Fsp3) is 0.667. The summed E-state index contributed by atoms with van der Waals surface area (Å²) < 4.78 is 1.93. The molecule has 2 heterocycles. The van der Waals surface area contributed by atoms with Crippen LogP contribution in [-0.2, 0) is 0 Å². The predicted octanol–water partition coefficient (Wildman–Crippen LogP) is 4.69. The zero-order chi connectivity index (χ0) is 18.4. The fourth-order valence-corrected chi connectivity index (χ4v) is 4.27. The Balaban J connectivity index is 1.78. The minimum absolute atomic E-state index is 0.0179. The lowest BCUT2D eigenvalue weighted by atomic mass is 9.95. The highest BCUT2D eigenvalue weighted by Crippen LogP contribution is 2.28. The van der Waals surface area contributed by atoms with Gasteiger partial charge in [0.1, 0.15) is 0 Å². The number of rotatable bonds is 7. The lowest BCUT2D eigenvalue weighted by molar-refractivity contribution is 0.0587.